The number of amides is 1. The van der Waals surface area contributed by atoms with Gasteiger partial charge < -0.3 is 19.3 Å². The maximum atomic E-state index is 13.3. The second-order valence-corrected chi connectivity index (χ2v) is 7.35. The van der Waals surface area contributed by atoms with Crippen molar-refractivity contribution in [3.8, 4) is 6.01 Å². The third-order valence-corrected chi connectivity index (χ3v) is 4.53. The van der Waals surface area contributed by atoms with Crippen molar-refractivity contribution >= 4 is 46.8 Å². The SMILES string of the molecule is CN(C)C=Nc1nc(OC(=O)N(c2ccccc2)c2ccccc2)nc2c1ncn2CC(=O)O. The zero-order valence-corrected chi connectivity index (χ0v) is 18.4. The maximum Gasteiger partial charge on any atom is 0.426 e. The van der Waals surface area contributed by atoms with Crippen LogP contribution in [0.1, 0.15) is 0 Å². The number of nitrogens with zero attached hydrogens (tertiary/aromatic N) is 7. The van der Waals surface area contributed by atoms with Crippen LogP contribution >= 0.6 is 0 Å². The first-order valence-electron chi connectivity index (χ1n) is 10.2. The zero-order chi connectivity index (χ0) is 24.1. The van der Waals surface area contributed by atoms with Crippen LogP contribution in [0.15, 0.2) is 72.0 Å². The Morgan fingerprint density at radius 2 is 1.65 bits per heavy atom. The van der Waals surface area contributed by atoms with Crippen LogP contribution in [-0.2, 0) is 11.3 Å². The van der Waals surface area contributed by atoms with Gasteiger partial charge in [0.1, 0.15) is 6.54 Å². The van der Waals surface area contributed by atoms with E-state index in [9.17, 15) is 14.7 Å². The summed E-state index contributed by atoms with van der Waals surface area (Å²) >= 11 is 0. The van der Waals surface area contributed by atoms with E-state index in [0.29, 0.717) is 11.4 Å². The fourth-order valence-electron chi connectivity index (χ4n) is 3.11. The predicted octanol–water partition coefficient (Wildman–Crippen LogP) is 3.47. The van der Waals surface area contributed by atoms with Gasteiger partial charge in [0.2, 0.25) is 0 Å². The molecule has 0 aliphatic heterocycles. The summed E-state index contributed by atoms with van der Waals surface area (Å²) in [5.74, 6) is -0.939. The number of aliphatic imine (C=N–C) groups is 1. The second-order valence-electron chi connectivity index (χ2n) is 7.35. The molecule has 2 aromatic carbocycles. The highest BCUT2D eigenvalue weighted by Crippen LogP contribution is 2.28. The Balaban J connectivity index is 1.76. The number of imidazole rings is 1. The normalized spacial score (nSPS) is 11.0. The molecule has 0 fully saturated rings. The van der Waals surface area contributed by atoms with Crippen LogP contribution in [0.25, 0.3) is 11.2 Å². The maximum absolute atomic E-state index is 13.3. The van der Waals surface area contributed by atoms with E-state index in [2.05, 4.69) is 19.9 Å². The van der Waals surface area contributed by atoms with E-state index >= 15 is 0 Å². The Morgan fingerprint density at radius 3 is 2.21 bits per heavy atom. The van der Waals surface area contributed by atoms with Crippen LogP contribution in [-0.4, -0.2) is 62.0 Å². The first kappa shape index (κ1) is 22.4. The van der Waals surface area contributed by atoms with Gasteiger partial charge in [0.15, 0.2) is 17.0 Å². The van der Waals surface area contributed by atoms with Gasteiger partial charge in [0.25, 0.3) is 0 Å². The molecule has 1 N–H and O–H groups in total. The number of carbonyl (C=O) groups is 2. The van der Waals surface area contributed by atoms with E-state index in [0.717, 1.165) is 0 Å². The predicted molar refractivity (Wildman–Crippen MR) is 126 cm³/mol. The third kappa shape index (κ3) is 4.99. The number of anilines is 2. The van der Waals surface area contributed by atoms with Gasteiger partial charge in [-0.15, -0.1) is 0 Å². The smallest absolute Gasteiger partial charge is 0.426 e. The lowest BCUT2D eigenvalue weighted by Gasteiger charge is -2.21. The number of rotatable bonds is 7. The van der Waals surface area contributed by atoms with E-state index in [4.69, 9.17) is 4.74 Å². The van der Waals surface area contributed by atoms with Crippen LogP contribution in [0.5, 0.6) is 6.01 Å². The molecule has 0 spiro atoms. The highest BCUT2D eigenvalue weighted by molar-refractivity contribution is 5.97. The molecule has 0 aliphatic carbocycles. The number of aromatic nitrogens is 4. The summed E-state index contributed by atoms with van der Waals surface area (Å²) in [6.07, 6.45) is 2.08. The average Bonchev–Trinajstić information content (AvgIpc) is 3.21. The van der Waals surface area contributed by atoms with Gasteiger partial charge in [-0.05, 0) is 24.3 Å². The summed E-state index contributed by atoms with van der Waals surface area (Å²) in [6, 6.07) is 17.7. The van der Waals surface area contributed by atoms with Crippen LogP contribution in [0.2, 0.25) is 0 Å². The van der Waals surface area contributed by atoms with Gasteiger partial charge in [-0.1, -0.05) is 36.4 Å². The number of fused-ring (bicyclic) bond motifs is 1. The minimum absolute atomic E-state index is 0.136. The Hall–Kier alpha value is -4.80. The van der Waals surface area contributed by atoms with Crippen molar-refractivity contribution < 1.29 is 19.4 Å². The molecule has 0 unspecified atom stereocenters. The Labute approximate surface area is 194 Å². The molecule has 0 saturated carbocycles. The molecule has 172 valence electrons. The summed E-state index contributed by atoms with van der Waals surface area (Å²) in [7, 11) is 3.56. The molecule has 0 atom stereocenters. The standard InChI is InChI=1S/C23H21N7O4/c1-28(2)14-25-20-19-21(29(15-24-19)13-18(31)32)27-22(26-20)34-23(33)30(16-9-5-3-6-10-16)17-11-7-4-8-12-17/h3-12,14-15H,13H2,1-2H3,(H,31,32). The Kier molecular flexibility index (Phi) is 6.44. The minimum atomic E-state index is -1.07. The van der Waals surface area contributed by atoms with Gasteiger partial charge in [0, 0.05) is 14.1 Å². The molecule has 34 heavy (non-hydrogen) atoms. The summed E-state index contributed by atoms with van der Waals surface area (Å²) < 4.78 is 6.88. The molecule has 0 aliphatic rings. The van der Waals surface area contributed by atoms with Crippen molar-refractivity contribution in [2.24, 2.45) is 4.99 Å². The van der Waals surface area contributed by atoms with E-state index < -0.39 is 12.1 Å². The third-order valence-electron chi connectivity index (χ3n) is 4.53. The van der Waals surface area contributed by atoms with Crippen LogP contribution in [0, 0.1) is 0 Å². The van der Waals surface area contributed by atoms with Crippen molar-refractivity contribution in [1.82, 2.24) is 24.4 Å². The van der Waals surface area contributed by atoms with Crippen LogP contribution in [0.3, 0.4) is 0 Å². The molecular weight excluding hydrogens is 438 g/mol. The lowest BCUT2D eigenvalue weighted by molar-refractivity contribution is -0.137. The minimum Gasteiger partial charge on any atom is -0.480 e. The number of carbonyl (C=O) groups excluding carboxylic acids is 1. The van der Waals surface area contributed by atoms with Gasteiger partial charge in [-0.3, -0.25) is 4.79 Å². The van der Waals surface area contributed by atoms with Crippen molar-refractivity contribution in [3.05, 3.63) is 67.0 Å². The van der Waals surface area contributed by atoms with E-state index in [1.54, 1.807) is 67.5 Å². The summed E-state index contributed by atoms with van der Waals surface area (Å²) in [4.78, 5) is 44.6. The van der Waals surface area contributed by atoms with Crippen molar-refractivity contribution in [3.63, 3.8) is 0 Å². The van der Waals surface area contributed by atoms with Gasteiger partial charge in [-0.2, -0.15) is 9.97 Å². The molecule has 0 bridgehead atoms. The van der Waals surface area contributed by atoms with E-state index in [-0.39, 0.29) is 29.5 Å². The number of aliphatic carboxylic acids is 1. The van der Waals surface area contributed by atoms with Gasteiger partial charge >= 0.3 is 18.1 Å². The highest BCUT2D eigenvalue weighted by Gasteiger charge is 2.23. The molecule has 2 heterocycles. The molecule has 11 heteroatoms. The van der Waals surface area contributed by atoms with Gasteiger partial charge in [0.05, 0.1) is 24.0 Å². The van der Waals surface area contributed by atoms with Crippen LogP contribution in [0.4, 0.5) is 22.0 Å². The van der Waals surface area contributed by atoms with E-state index in [1.165, 1.54) is 22.1 Å². The quantitative estimate of drug-likeness (QED) is 0.329. The topological polar surface area (TPSA) is 126 Å². The Morgan fingerprint density at radius 1 is 1.03 bits per heavy atom. The molecule has 4 aromatic rings. The molecular formula is C23H21N7O4. The second kappa shape index (κ2) is 9.77. The summed E-state index contributed by atoms with van der Waals surface area (Å²) in [5.41, 5.74) is 1.63. The molecule has 2 aromatic heterocycles. The summed E-state index contributed by atoms with van der Waals surface area (Å²) in [6.45, 7) is -0.377. The number of hydrogen-bond donors (Lipinski definition) is 1. The largest absolute Gasteiger partial charge is 0.480 e. The number of para-hydroxylation sites is 2. The Bertz CT molecular complexity index is 1300. The number of benzene rings is 2. The van der Waals surface area contributed by atoms with Crippen molar-refractivity contribution in [2.45, 2.75) is 6.54 Å². The zero-order valence-electron chi connectivity index (χ0n) is 18.4. The van der Waals surface area contributed by atoms with Crippen molar-refractivity contribution in [2.75, 3.05) is 19.0 Å². The fraction of sp³-hybridized carbons (Fsp3) is 0.130. The van der Waals surface area contributed by atoms with Gasteiger partial charge in [-0.25, -0.2) is 19.7 Å². The first-order valence-corrected chi connectivity index (χ1v) is 10.2. The lowest BCUT2D eigenvalue weighted by Crippen LogP contribution is -2.29. The molecule has 1 amide bonds. The van der Waals surface area contributed by atoms with Crippen molar-refractivity contribution in [1.29, 1.82) is 0 Å². The fourth-order valence-corrected chi connectivity index (χ4v) is 3.11. The van der Waals surface area contributed by atoms with Crippen LogP contribution < -0.4 is 9.64 Å². The molecule has 4 rings (SSSR count). The molecule has 11 nitrogen and oxygen atoms in total. The first-order chi connectivity index (χ1) is 16.4. The number of carboxylic acid groups (broad SMARTS) is 1. The number of hydrogen-bond acceptors (Lipinski definition) is 7. The highest BCUT2D eigenvalue weighted by atomic mass is 16.6. The molecule has 0 saturated heterocycles. The number of ether oxygens (including phenoxy) is 1. The van der Waals surface area contributed by atoms with E-state index in [1.807, 2.05) is 12.1 Å². The number of carboxylic acids is 1. The lowest BCUT2D eigenvalue weighted by atomic mass is 10.2. The monoisotopic (exact) mass is 459 g/mol. The summed E-state index contributed by atoms with van der Waals surface area (Å²) in [5, 5.41) is 9.21. The molecule has 0 radical (unpaired) electrons. The average molecular weight is 459 g/mol.